The fraction of sp³-hybridized carbons (Fsp3) is 0.385. The summed E-state index contributed by atoms with van der Waals surface area (Å²) >= 11 is 0. The predicted molar refractivity (Wildman–Crippen MR) is 72.2 cm³/mol. The summed E-state index contributed by atoms with van der Waals surface area (Å²) in [5.41, 5.74) is 0.354. The van der Waals surface area contributed by atoms with Crippen molar-refractivity contribution in [3.05, 3.63) is 33.9 Å². The van der Waals surface area contributed by atoms with Gasteiger partial charge in [0.25, 0.3) is 5.69 Å². The van der Waals surface area contributed by atoms with Crippen LogP contribution >= 0.6 is 0 Å². The van der Waals surface area contributed by atoms with Crippen LogP contribution in [0, 0.1) is 21.4 Å². The maximum absolute atomic E-state index is 11.7. The summed E-state index contributed by atoms with van der Waals surface area (Å²) in [5, 5.41) is 22.5. The quantitative estimate of drug-likeness (QED) is 0.642. The molecule has 2 rings (SSSR count). The molecule has 1 aliphatic rings. The van der Waals surface area contributed by atoms with Crippen molar-refractivity contribution < 1.29 is 9.72 Å². The number of nitrogens with zero attached hydrogens (tertiary/aromatic N) is 3. The molecule has 1 amide bonds. The zero-order chi connectivity index (χ0) is 14.7. The second-order valence-electron chi connectivity index (χ2n) is 4.77. The van der Waals surface area contributed by atoms with Gasteiger partial charge in [0.15, 0.2) is 0 Å². The maximum Gasteiger partial charge on any atom is 0.287 e. The van der Waals surface area contributed by atoms with Crippen LogP contribution in [0.3, 0.4) is 0 Å². The van der Waals surface area contributed by atoms with Gasteiger partial charge in [0.2, 0.25) is 5.91 Å². The zero-order valence-electron chi connectivity index (χ0n) is 11.0. The minimum Gasteiger partial charge on any atom is -0.365 e. The normalized spacial score (nSPS) is 13.4. The van der Waals surface area contributed by atoms with Gasteiger partial charge in [0.05, 0.1) is 11.5 Å². The van der Waals surface area contributed by atoms with Gasteiger partial charge in [-0.05, 0) is 25.0 Å². The van der Waals surface area contributed by atoms with Gasteiger partial charge in [0, 0.05) is 24.8 Å². The number of rotatable bonds is 5. The van der Waals surface area contributed by atoms with Gasteiger partial charge in [-0.3, -0.25) is 14.9 Å². The number of carbonyl (C=O) groups excluding carboxylic acids is 1. The smallest absolute Gasteiger partial charge is 0.287 e. The Labute approximate surface area is 115 Å². The lowest BCUT2D eigenvalue weighted by Gasteiger charge is -2.18. The summed E-state index contributed by atoms with van der Waals surface area (Å²) in [6.07, 6.45) is 2.04. The van der Waals surface area contributed by atoms with Crippen LogP contribution in [0.2, 0.25) is 0 Å². The molecule has 0 heterocycles. The molecule has 1 saturated carbocycles. The van der Waals surface area contributed by atoms with E-state index in [0.29, 0.717) is 11.7 Å². The van der Waals surface area contributed by atoms with E-state index in [2.05, 4.69) is 5.32 Å². The first kappa shape index (κ1) is 13.8. The monoisotopic (exact) mass is 274 g/mol. The number of anilines is 1. The lowest BCUT2D eigenvalue weighted by atomic mass is 10.1. The Bertz CT molecular complexity index is 590. The summed E-state index contributed by atoms with van der Waals surface area (Å²) in [4.78, 5) is 23.5. The van der Waals surface area contributed by atoms with Crippen molar-refractivity contribution in [3.8, 4) is 6.07 Å². The molecule has 20 heavy (non-hydrogen) atoms. The average Bonchev–Trinajstić information content (AvgIpc) is 3.21. The molecule has 0 saturated heterocycles. The van der Waals surface area contributed by atoms with Crippen LogP contribution in [0.25, 0.3) is 0 Å². The topological polar surface area (TPSA) is 99.3 Å². The second-order valence-corrected chi connectivity index (χ2v) is 4.77. The number of likely N-dealkylation sites (N-methyl/N-ethyl adjacent to an activating group) is 1. The Hall–Kier alpha value is -2.62. The largest absolute Gasteiger partial charge is 0.365 e. The fourth-order valence-corrected chi connectivity index (χ4v) is 1.82. The molecule has 7 heteroatoms. The van der Waals surface area contributed by atoms with Gasteiger partial charge >= 0.3 is 0 Å². The Morgan fingerprint density at radius 1 is 1.60 bits per heavy atom. The van der Waals surface area contributed by atoms with E-state index in [0.717, 1.165) is 12.8 Å². The Kier molecular flexibility index (Phi) is 3.84. The van der Waals surface area contributed by atoms with Crippen LogP contribution < -0.4 is 10.2 Å². The highest BCUT2D eigenvalue weighted by molar-refractivity contribution is 5.82. The summed E-state index contributed by atoms with van der Waals surface area (Å²) < 4.78 is 0. The van der Waals surface area contributed by atoms with Crippen LogP contribution in [0.1, 0.15) is 18.4 Å². The van der Waals surface area contributed by atoms with E-state index in [4.69, 9.17) is 5.26 Å². The SMILES string of the molecule is CN(CC(=O)NC1CC1)c1ccc([N+](=O)[O-])c(C#N)c1. The molecule has 0 aliphatic heterocycles. The van der Waals surface area contributed by atoms with Crippen molar-refractivity contribution in [2.45, 2.75) is 18.9 Å². The van der Waals surface area contributed by atoms with E-state index in [1.807, 2.05) is 0 Å². The van der Waals surface area contributed by atoms with Crippen molar-refractivity contribution in [1.29, 1.82) is 5.26 Å². The number of amides is 1. The highest BCUT2D eigenvalue weighted by Crippen LogP contribution is 2.24. The highest BCUT2D eigenvalue weighted by Gasteiger charge is 2.24. The lowest BCUT2D eigenvalue weighted by Crippen LogP contribution is -2.36. The van der Waals surface area contributed by atoms with E-state index >= 15 is 0 Å². The molecule has 104 valence electrons. The second kappa shape index (κ2) is 5.57. The number of nitro benzene ring substituents is 1. The average molecular weight is 274 g/mol. The third-order valence-electron chi connectivity index (χ3n) is 3.06. The predicted octanol–water partition coefficient (Wildman–Crippen LogP) is 1.18. The number of nitrogens with one attached hydrogen (secondary N) is 1. The summed E-state index contributed by atoms with van der Waals surface area (Å²) in [5.74, 6) is -0.0909. The maximum atomic E-state index is 11.7. The zero-order valence-corrected chi connectivity index (χ0v) is 11.0. The minimum atomic E-state index is -0.595. The van der Waals surface area contributed by atoms with Crippen LogP contribution in [0.5, 0.6) is 0 Å². The molecule has 1 N–H and O–H groups in total. The number of hydrogen-bond donors (Lipinski definition) is 1. The molecule has 1 aliphatic carbocycles. The number of nitriles is 1. The molecule has 0 unspecified atom stereocenters. The Morgan fingerprint density at radius 3 is 2.85 bits per heavy atom. The number of nitro groups is 1. The van der Waals surface area contributed by atoms with Gasteiger partial charge in [0.1, 0.15) is 11.6 Å². The Balaban J connectivity index is 2.09. The fourth-order valence-electron chi connectivity index (χ4n) is 1.82. The molecular weight excluding hydrogens is 260 g/mol. The number of carbonyl (C=O) groups is 1. The molecule has 0 aromatic heterocycles. The van der Waals surface area contributed by atoms with Gasteiger partial charge in [-0.2, -0.15) is 5.26 Å². The molecule has 7 nitrogen and oxygen atoms in total. The molecule has 1 fully saturated rings. The number of hydrogen-bond acceptors (Lipinski definition) is 5. The standard InChI is InChI=1S/C13H14N4O3/c1-16(8-13(18)15-10-2-3-10)11-4-5-12(17(19)20)9(6-11)7-14/h4-6,10H,2-3,8H2,1H3,(H,15,18). The molecule has 0 radical (unpaired) electrons. The van der Waals surface area contributed by atoms with Crippen LogP contribution in [-0.2, 0) is 4.79 Å². The van der Waals surface area contributed by atoms with Crippen molar-refractivity contribution in [2.75, 3.05) is 18.5 Å². The van der Waals surface area contributed by atoms with Crippen molar-refractivity contribution in [1.82, 2.24) is 5.32 Å². The van der Waals surface area contributed by atoms with Crippen LogP contribution in [0.15, 0.2) is 18.2 Å². The van der Waals surface area contributed by atoms with E-state index in [-0.39, 0.29) is 23.7 Å². The molecule has 1 aromatic carbocycles. The molecular formula is C13H14N4O3. The van der Waals surface area contributed by atoms with Gasteiger partial charge in [-0.25, -0.2) is 0 Å². The first-order valence-corrected chi connectivity index (χ1v) is 6.20. The first-order valence-electron chi connectivity index (χ1n) is 6.20. The van der Waals surface area contributed by atoms with E-state index in [1.165, 1.54) is 18.2 Å². The van der Waals surface area contributed by atoms with Crippen molar-refractivity contribution >= 4 is 17.3 Å². The van der Waals surface area contributed by atoms with Crippen molar-refractivity contribution in [3.63, 3.8) is 0 Å². The number of benzene rings is 1. The van der Waals surface area contributed by atoms with E-state index < -0.39 is 4.92 Å². The third kappa shape index (κ3) is 3.23. The Morgan fingerprint density at radius 2 is 2.30 bits per heavy atom. The van der Waals surface area contributed by atoms with E-state index in [9.17, 15) is 14.9 Å². The first-order chi connectivity index (χ1) is 9.51. The van der Waals surface area contributed by atoms with Gasteiger partial charge in [-0.1, -0.05) is 0 Å². The molecule has 0 spiro atoms. The van der Waals surface area contributed by atoms with Gasteiger partial charge in [-0.15, -0.1) is 0 Å². The van der Waals surface area contributed by atoms with Crippen LogP contribution in [0.4, 0.5) is 11.4 Å². The summed E-state index contributed by atoms with van der Waals surface area (Å²) in [6.45, 7) is 0.152. The third-order valence-corrected chi connectivity index (χ3v) is 3.06. The van der Waals surface area contributed by atoms with Crippen molar-refractivity contribution in [2.24, 2.45) is 0 Å². The molecule has 1 aromatic rings. The van der Waals surface area contributed by atoms with E-state index in [1.54, 1.807) is 18.0 Å². The molecule has 0 atom stereocenters. The summed E-state index contributed by atoms with van der Waals surface area (Å²) in [6, 6.07) is 6.32. The lowest BCUT2D eigenvalue weighted by molar-refractivity contribution is -0.385. The van der Waals surface area contributed by atoms with Gasteiger partial charge < -0.3 is 10.2 Å². The van der Waals surface area contributed by atoms with Crippen LogP contribution in [-0.4, -0.2) is 30.5 Å². The highest BCUT2D eigenvalue weighted by atomic mass is 16.6. The molecule has 0 bridgehead atoms. The minimum absolute atomic E-state index is 0.0121. The summed E-state index contributed by atoms with van der Waals surface area (Å²) in [7, 11) is 1.70.